The highest BCUT2D eigenvalue weighted by atomic mass is 32.2. The van der Waals surface area contributed by atoms with E-state index >= 15 is 0 Å². The molecule has 0 aliphatic rings. The van der Waals surface area contributed by atoms with E-state index in [0.717, 1.165) is 21.8 Å². The van der Waals surface area contributed by atoms with E-state index in [0.29, 0.717) is 11.3 Å². The van der Waals surface area contributed by atoms with Crippen LogP contribution in [0.15, 0.2) is 108 Å². The van der Waals surface area contributed by atoms with Crippen LogP contribution in [0.3, 0.4) is 0 Å². The molecule has 0 saturated heterocycles. The van der Waals surface area contributed by atoms with Gasteiger partial charge < -0.3 is 10.6 Å². The quantitative estimate of drug-likeness (QED) is 0.272. The van der Waals surface area contributed by atoms with Crippen molar-refractivity contribution in [2.75, 3.05) is 5.32 Å². The first-order valence-corrected chi connectivity index (χ1v) is 12.6. The van der Waals surface area contributed by atoms with Gasteiger partial charge in [-0.05, 0) is 53.6 Å². The molecule has 0 radical (unpaired) electrons. The molecule has 4 aromatic rings. The van der Waals surface area contributed by atoms with Crippen LogP contribution in [-0.2, 0) is 17.0 Å². The number of hydrogen-bond donors (Lipinski definition) is 2. The molecule has 4 aromatic carbocycles. The second kappa shape index (κ2) is 12.5. The van der Waals surface area contributed by atoms with Gasteiger partial charge in [0.25, 0.3) is 5.91 Å². The smallest absolute Gasteiger partial charge is 0.251 e. The molecule has 184 valence electrons. The average Bonchev–Trinajstić information content (AvgIpc) is 2.93. The Bertz CT molecular complexity index is 1400. The van der Waals surface area contributed by atoms with Gasteiger partial charge in [-0.2, -0.15) is 5.26 Å². The molecule has 2 amide bonds. The van der Waals surface area contributed by atoms with Gasteiger partial charge in [-0.1, -0.05) is 60.7 Å². The molecular formula is C30H24FN3O2S. The first kappa shape index (κ1) is 25.7. The lowest BCUT2D eigenvalue weighted by atomic mass is 10.0. The van der Waals surface area contributed by atoms with Gasteiger partial charge in [-0.3, -0.25) is 9.59 Å². The van der Waals surface area contributed by atoms with Crippen molar-refractivity contribution >= 4 is 29.3 Å². The molecule has 0 aromatic heterocycles. The number of halogens is 1. The molecule has 7 heteroatoms. The number of anilines is 1. The summed E-state index contributed by atoms with van der Waals surface area (Å²) < 4.78 is 13.3. The van der Waals surface area contributed by atoms with Crippen molar-refractivity contribution in [1.29, 1.82) is 5.26 Å². The molecule has 0 unspecified atom stereocenters. The normalized spacial score (nSPS) is 11.2. The Labute approximate surface area is 219 Å². The summed E-state index contributed by atoms with van der Waals surface area (Å²) >= 11 is 1.55. The second-order valence-corrected chi connectivity index (χ2v) is 9.33. The summed E-state index contributed by atoms with van der Waals surface area (Å²) in [4.78, 5) is 26.9. The number of amides is 2. The van der Waals surface area contributed by atoms with Crippen molar-refractivity contribution in [3.8, 4) is 6.07 Å². The SMILES string of the molecule is N#Cc1cc(NC(=O)[C@H](Cc2ccccc2)NC(=O)c2ccc(F)cc2)ccc1SCc1ccccc1. The number of carbonyl (C=O) groups is 2. The molecule has 1 atom stereocenters. The molecule has 0 spiro atoms. The van der Waals surface area contributed by atoms with Crippen LogP contribution in [0.1, 0.15) is 27.0 Å². The molecule has 0 fully saturated rings. The van der Waals surface area contributed by atoms with E-state index in [1.807, 2.05) is 66.7 Å². The maximum atomic E-state index is 13.3. The highest BCUT2D eigenvalue weighted by molar-refractivity contribution is 7.98. The van der Waals surface area contributed by atoms with Gasteiger partial charge in [0, 0.05) is 28.3 Å². The molecule has 0 heterocycles. The number of thioether (sulfide) groups is 1. The lowest BCUT2D eigenvalue weighted by Gasteiger charge is -2.19. The minimum atomic E-state index is -0.891. The Kier molecular flexibility index (Phi) is 8.69. The number of nitriles is 1. The number of benzene rings is 4. The molecule has 0 aliphatic carbocycles. The van der Waals surface area contributed by atoms with Crippen LogP contribution in [0, 0.1) is 17.1 Å². The number of rotatable bonds is 9. The Balaban J connectivity index is 1.49. The van der Waals surface area contributed by atoms with Crippen molar-refractivity contribution in [1.82, 2.24) is 5.32 Å². The van der Waals surface area contributed by atoms with Crippen LogP contribution in [-0.4, -0.2) is 17.9 Å². The Hall–Kier alpha value is -4.41. The monoisotopic (exact) mass is 509 g/mol. The zero-order chi connectivity index (χ0) is 26.0. The lowest BCUT2D eigenvalue weighted by Crippen LogP contribution is -2.45. The summed E-state index contributed by atoms with van der Waals surface area (Å²) in [5.74, 6) is -0.640. The van der Waals surface area contributed by atoms with E-state index in [4.69, 9.17) is 0 Å². The molecule has 2 N–H and O–H groups in total. The minimum absolute atomic E-state index is 0.249. The minimum Gasteiger partial charge on any atom is -0.340 e. The fourth-order valence-corrected chi connectivity index (χ4v) is 4.63. The standard InChI is InChI=1S/C30H24FN3O2S/c31-25-13-11-23(12-14-25)29(35)34-27(17-21-7-3-1-4-8-21)30(36)33-26-15-16-28(24(18-26)19-32)37-20-22-9-5-2-6-10-22/h1-16,18,27H,17,20H2,(H,33,36)(H,34,35)/t27-/m0/s1. The maximum Gasteiger partial charge on any atom is 0.251 e. The largest absolute Gasteiger partial charge is 0.340 e. The molecule has 4 rings (SSSR count). The van der Waals surface area contributed by atoms with Gasteiger partial charge in [-0.25, -0.2) is 4.39 Å². The fourth-order valence-electron chi connectivity index (χ4n) is 3.69. The van der Waals surface area contributed by atoms with E-state index in [2.05, 4.69) is 16.7 Å². The van der Waals surface area contributed by atoms with Crippen LogP contribution in [0.25, 0.3) is 0 Å². The van der Waals surface area contributed by atoms with E-state index < -0.39 is 23.7 Å². The Morgan fingerprint density at radius 3 is 2.16 bits per heavy atom. The summed E-state index contributed by atoms with van der Waals surface area (Å²) in [7, 11) is 0. The van der Waals surface area contributed by atoms with Crippen molar-refractivity contribution in [2.24, 2.45) is 0 Å². The fraction of sp³-hybridized carbons (Fsp3) is 0.100. The third-order valence-corrected chi connectivity index (χ3v) is 6.76. The number of nitrogens with zero attached hydrogens (tertiary/aromatic N) is 1. The van der Waals surface area contributed by atoms with E-state index in [1.54, 1.807) is 23.9 Å². The van der Waals surface area contributed by atoms with Crippen LogP contribution in [0.5, 0.6) is 0 Å². The average molecular weight is 510 g/mol. The Morgan fingerprint density at radius 1 is 0.865 bits per heavy atom. The topological polar surface area (TPSA) is 82.0 Å². The van der Waals surface area contributed by atoms with Gasteiger partial charge in [0.05, 0.1) is 5.56 Å². The lowest BCUT2D eigenvalue weighted by molar-refractivity contribution is -0.118. The van der Waals surface area contributed by atoms with E-state index in [1.165, 1.54) is 24.3 Å². The van der Waals surface area contributed by atoms with Gasteiger partial charge >= 0.3 is 0 Å². The van der Waals surface area contributed by atoms with Crippen LogP contribution >= 0.6 is 11.8 Å². The number of carbonyl (C=O) groups excluding carboxylic acids is 2. The highest BCUT2D eigenvalue weighted by Gasteiger charge is 2.22. The van der Waals surface area contributed by atoms with Crippen molar-refractivity contribution in [3.05, 3.63) is 131 Å². The molecular weight excluding hydrogens is 485 g/mol. The second-order valence-electron chi connectivity index (χ2n) is 8.31. The van der Waals surface area contributed by atoms with Gasteiger partial charge in [0.2, 0.25) is 5.91 Å². The van der Waals surface area contributed by atoms with Crippen molar-refractivity contribution in [2.45, 2.75) is 23.1 Å². The maximum absolute atomic E-state index is 13.3. The van der Waals surface area contributed by atoms with Crippen molar-refractivity contribution in [3.63, 3.8) is 0 Å². The van der Waals surface area contributed by atoms with E-state index in [9.17, 15) is 19.2 Å². The van der Waals surface area contributed by atoms with Crippen molar-refractivity contribution < 1.29 is 14.0 Å². The Morgan fingerprint density at radius 2 is 1.51 bits per heavy atom. The molecule has 37 heavy (non-hydrogen) atoms. The van der Waals surface area contributed by atoms with E-state index in [-0.39, 0.29) is 12.0 Å². The first-order chi connectivity index (χ1) is 18.0. The molecule has 0 saturated carbocycles. The summed E-state index contributed by atoms with van der Waals surface area (Å²) in [5.41, 5.74) is 3.18. The molecule has 5 nitrogen and oxygen atoms in total. The number of nitrogens with one attached hydrogen (secondary N) is 2. The van der Waals surface area contributed by atoms with Gasteiger partial charge in [-0.15, -0.1) is 11.8 Å². The third kappa shape index (κ3) is 7.29. The molecule has 0 aliphatic heterocycles. The van der Waals surface area contributed by atoms with Crippen LogP contribution in [0.4, 0.5) is 10.1 Å². The number of hydrogen-bond acceptors (Lipinski definition) is 4. The summed E-state index contributed by atoms with van der Waals surface area (Å²) in [5, 5.41) is 15.3. The first-order valence-electron chi connectivity index (χ1n) is 11.6. The predicted octanol–water partition coefficient (Wildman–Crippen LogP) is 5.97. The third-order valence-electron chi connectivity index (χ3n) is 5.62. The van der Waals surface area contributed by atoms with Crippen LogP contribution in [0.2, 0.25) is 0 Å². The highest BCUT2D eigenvalue weighted by Crippen LogP contribution is 2.28. The summed E-state index contributed by atoms with van der Waals surface area (Å²) in [6, 6.07) is 30.9. The zero-order valence-corrected chi connectivity index (χ0v) is 20.7. The van der Waals surface area contributed by atoms with Crippen LogP contribution < -0.4 is 10.6 Å². The van der Waals surface area contributed by atoms with Gasteiger partial charge in [0.15, 0.2) is 0 Å². The predicted molar refractivity (Wildman–Crippen MR) is 144 cm³/mol. The zero-order valence-electron chi connectivity index (χ0n) is 19.9. The molecule has 0 bridgehead atoms. The summed E-state index contributed by atoms with van der Waals surface area (Å²) in [6.07, 6.45) is 0.260. The van der Waals surface area contributed by atoms with Gasteiger partial charge in [0.1, 0.15) is 17.9 Å². The summed E-state index contributed by atoms with van der Waals surface area (Å²) in [6.45, 7) is 0.